The van der Waals surface area contributed by atoms with Crippen molar-refractivity contribution < 1.29 is 14.3 Å². The fourth-order valence-corrected chi connectivity index (χ4v) is 3.14. The van der Waals surface area contributed by atoms with Crippen LogP contribution in [0.25, 0.3) is 0 Å². The summed E-state index contributed by atoms with van der Waals surface area (Å²) in [6.45, 7) is 2.37. The predicted octanol–water partition coefficient (Wildman–Crippen LogP) is 1.36. The van der Waals surface area contributed by atoms with Crippen molar-refractivity contribution in [3.8, 4) is 11.8 Å². The van der Waals surface area contributed by atoms with Crippen LogP contribution in [0.2, 0.25) is 0 Å². The van der Waals surface area contributed by atoms with Crippen molar-refractivity contribution in [3.05, 3.63) is 41.2 Å². The number of benzene rings is 1. The van der Waals surface area contributed by atoms with Gasteiger partial charge in [0.05, 0.1) is 23.2 Å². The normalized spacial score (nSPS) is 16.0. The molecule has 1 N–H and O–H groups in total. The summed E-state index contributed by atoms with van der Waals surface area (Å²) in [7, 11) is 0. The summed E-state index contributed by atoms with van der Waals surface area (Å²) in [5.41, 5.74) is 1.40. The maximum atomic E-state index is 12.5. The number of carbonyl (C=O) groups excluding carboxylic acids is 2. The van der Waals surface area contributed by atoms with Crippen LogP contribution < -0.4 is 15.1 Å². The van der Waals surface area contributed by atoms with Gasteiger partial charge in [-0.2, -0.15) is 10.3 Å². The monoisotopic (exact) mass is 444 g/mol. The van der Waals surface area contributed by atoms with Crippen LogP contribution >= 0.6 is 15.9 Å². The Morgan fingerprint density at radius 3 is 3.07 bits per heavy atom. The number of rotatable bonds is 7. The van der Waals surface area contributed by atoms with E-state index in [0.717, 1.165) is 0 Å². The third-order valence-electron chi connectivity index (χ3n) is 3.95. The summed E-state index contributed by atoms with van der Waals surface area (Å²) in [6.07, 6.45) is 1.90. The third-order valence-corrected chi connectivity index (χ3v) is 4.46. The van der Waals surface area contributed by atoms with E-state index >= 15 is 0 Å². The first-order chi connectivity index (χ1) is 13.5. The van der Waals surface area contributed by atoms with Gasteiger partial charge in [-0.3, -0.25) is 14.5 Å². The number of amidine groups is 1. The summed E-state index contributed by atoms with van der Waals surface area (Å²) in [4.78, 5) is 30.0. The topological polar surface area (TPSA) is 113 Å². The van der Waals surface area contributed by atoms with E-state index in [1.807, 2.05) is 6.07 Å². The number of ether oxygens (including phenoxy) is 1. The molecule has 3 rings (SSSR count). The molecule has 0 aliphatic carbocycles. The van der Waals surface area contributed by atoms with Gasteiger partial charge in [-0.25, -0.2) is 0 Å². The molecule has 0 unspecified atom stereocenters. The molecule has 0 saturated carbocycles. The molecule has 0 spiro atoms. The number of halogens is 1. The number of nitriles is 1. The zero-order valence-corrected chi connectivity index (χ0v) is 16.6. The minimum Gasteiger partial charge on any atom is -0.493 e. The van der Waals surface area contributed by atoms with Gasteiger partial charge in [-0.15, -0.1) is 0 Å². The fourth-order valence-electron chi connectivity index (χ4n) is 2.61. The molecule has 2 aliphatic heterocycles. The predicted molar refractivity (Wildman–Crippen MR) is 106 cm³/mol. The molecule has 9 nitrogen and oxygen atoms in total. The lowest BCUT2D eigenvalue weighted by Gasteiger charge is -2.19. The molecule has 1 aromatic carbocycles. The first-order valence-electron chi connectivity index (χ1n) is 8.49. The summed E-state index contributed by atoms with van der Waals surface area (Å²) < 4.78 is 5.99. The van der Waals surface area contributed by atoms with Gasteiger partial charge in [-0.1, -0.05) is 6.07 Å². The number of hydrazone groups is 1. The Bertz CT molecular complexity index is 933. The lowest BCUT2D eigenvalue weighted by atomic mass is 10.2. The SMILES string of the molecule is CC1=C2C(=O)N(CC(=O)NCCCOc3cccc(C#N)c3)C=N[N+]2C(Br)=N1. The second-order valence-electron chi connectivity index (χ2n) is 5.98. The number of allylic oxidation sites excluding steroid dienone is 1. The van der Waals surface area contributed by atoms with Crippen molar-refractivity contribution in [3.63, 3.8) is 0 Å². The third kappa shape index (κ3) is 4.44. The van der Waals surface area contributed by atoms with Gasteiger partial charge in [0.15, 0.2) is 6.34 Å². The average molecular weight is 445 g/mol. The van der Waals surface area contributed by atoms with Gasteiger partial charge >= 0.3 is 16.3 Å². The summed E-state index contributed by atoms with van der Waals surface area (Å²) in [5.74, 6) is -0.0174. The van der Waals surface area contributed by atoms with Crippen LogP contribution in [0, 0.1) is 11.3 Å². The number of carbonyl (C=O) groups is 2. The molecule has 0 fully saturated rings. The van der Waals surface area contributed by atoms with Crippen LogP contribution in [0.15, 0.2) is 45.8 Å². The number of aliphatic imine (C=N–C) groups is 1. The zero-order chi connectivity index (χ0) is 20.1. The molecule has 0 saturated heterocycles. The van der Waals surface area contributed by atoms with E-state index in [2.05, 4.69) is 31.3 Å². The van der Waals surface area contributed by atoms with Gasteiger partial charge in [0.25, 0.3) is 0 Å². The Labute approximate surface area is 170 Å². The van der Waals surface area contributed by atoms with Crippen molar-refractivity contribution in [1.29, 1.82) is 5.26 Å². The second-order valence-corrected chi connectivity index (χ2v) is 6.69. The van der Waals surface area contributed by atoms with Gasteiger partial charge in [0, 0.05) is 22.5 Å². The van der Waals surface area contributed by atoms with Crippen LogP contribution in [-0.4, -0.2) is 47.5 Å². The maximum Gasteiger partial charge on any atom is 0.357 e. The van der Waals surface area contributed by atoms with E-state index in [4.69, 9.17) is 10.00 Å². The highest BCUT2D eigenvalue weighted by Crippen LogP contribution is 2.24. The van der Waals surface area contributed by atoms with E-state index < -0.39 is 0 Å². The lowest BCUT2D eigenvalue weighted by Crippen LogP contribution is -2.47. The summed E-state index contributed by atoms with van der Waals surface area (Å²) in [6, 6.07) is 8.93. The van der Waals surface area contributed by atoms with E-state index in [-0.39, 0.29) is 18.4 Å². The van der Waals surface area contributed by atoms with E-state index in [0.29, 0.717) is 47.0 Å². The van der Waals surface area contributed by atoms with Crippen molar-refractivity contribution in [1.82, 2.24) is 15.2 Å². The Morgan fingerprint density at radius 2 is 2.29 bits per heavy atom. The molecule has 0 aromatic heterocycles. The quantitative estimate of drug-likeness (QED) is 0.388. The van der Waals surface area contributed by atoms with E-state index in [1.54, 1.807) is 31.2 Å². The van der Waals surface area contributed by atoms with Crippen molar-refractivity contribution >= 4 is 38.8 Å². The molecular formula is C18H17BrN6O3+. The summed E-state index contributed by atoms with van der Waals surface area (Å²) in [5, 5.41) is 17.1. The molecule has 10 heteroatoms. The number of nitrogens with zero attached hydrogens (tertiary/aromatic N) is 5. The highest BCUT2D eigenvalue weighted by atomic mass is 79.9. The van der Waals surface area contributed by atoms with Gasteiger partial charge in [0.2, 0.25) is 5.91 Å². The molecule has 28 heavy (non-hydrogen) atoms. The molecule has 0 atom stereocenters. The van der Waals surface area contributed by atoms with Crippen LogP contribution in [0.3, 0.4) is 0 Å². The first kappa shape index (κ1) is 19.7. The molecule has 1 aromatic rings. The minimum absolute atomic E-state index is 0.129. The number of hydrogen-bond donors (Lipinski definition) is 1. The minimum atomic E-state index is -0.332. The van der Waals surface area contributed by atoms with Crippen LogP contribution in [0.1, 0.15) is 18.9 Å². The Hall–Kier alpha value is -3.03. The lowest BCUT2D eigenvalue weighted by molar-refractivity contribution is -0.130. The molecule has 1 radical (unpaired) electrons. The van der Waals surface area contributed by atoms with Gasteiger partial charge in [0.1, 0.15) is 18.0 Å². The van der Waals surface area contributed by atoms with Crippen molar-refractivity contribution in [2.24, 2.45) is 10.1 Å². The van der Waals surface area contributed by atoms with Crippen molar-refractivity contribution in [2.75, 3.05) is 19.7 Å². The largest absolute Gasteiger partial charge is 0.493 e. The molecule has 143 valence electrons. The van der Waals surface area contributed by atoms with Crippen LogP contribution in [-0.2, 0) is 9.59 Å². The molecule has 0 bridgehead atoms. The maximum absolute atomic E-state index is 12.5. The number of fused-ring (bicyclic) bond motifs is 1. The number of amides is 2. The molecular weight excluding hydrogens is 428 g/mol. The number of hydrogen-bond acceptors (Lipinski definition) is 7. The first-order valence-corrected chi connectivity index (χ1v) is 9.29. The van der Waals surface area contributed by atoms with E-state index in [9.17, 15) is 9.59 Å². The number of nitrogens with one attached hydrogen (secondary N) is 1. The zero-order valence-electron chi connectivity index (χ0n) is 15.1. The van der Waals surface area contributed by atoms with Crippen molar-refractivity contribution in [2.45, 2.75) is 13.3 Å². The average Bonchev–Trinajstić information content (AvgIpc) is 2.98. The highest BCUT2D eigenvalue weighted by molar-refractivity contribution is 9.18. The molecule has 2 heterocycles. The smallest absolute Gasteiger partial charge is 0.357 e. The van der Waals surface area contributed by atoms with Crippen LogP contribution in [0.4, 0.5) is 0 Å². The second kappa shape index (κ2) is 8.77. The summed E-state index contributed by atoms with van der Waals surface area (Å²) >= 11 is 3.24. The van der Waals surface area contributed by atoms with E-state index in [1.165, 1.54) is 16.2 Å². The van der Waals surface area contributed by atoms with Gasteiger partial charge < -0.3 is 10.1 Å². The Balaban J connectivity index is 1.41. The Morgan fingerprint density at radius 1 is 1.46 bits per heavy atom. The standard InChI is InChI=1S/C18H17BrN6O3/c1-12-16-17(27)24(11-22-25(16)18(19)23-12)10-15(26)21-6-3-7-28-14-5-2-4-13(8-14)9-20/h2,4-5,8,11H,3,6-7,10H2,1H3,(H,21,26)/q+1. The molecule has 2 amide bonds. The van der Waals surface area contributed by atoms with Crippen LogP contribution in [0.5, 0.6) is 5.75 Å². The van der Waals surface area contributed by atoms with Gasteiger partial charge in [-0.05, 0) is 36.6 Å². The Kier molecular flexibility index (Phi) is 6.18. The molecule has 2 aliphatic rings. The highest BCUT2D eigenvalue weighted by Gasteiger charge is 2.46. The fraction of sp³-hybridized carbons (Fsp3) is 0.278.